The molecule has 7 nitrogen and oxygen atoms in total. The van der Waals surface area contributed by atoms with Gasteiger partial charge in [-0.3, -0.25) is 9.89 Å². The number of amides is 1. The number of nitrogens with zero attached hydrogens (tertiary/aromatic N) is 4. The normalized spacial score (nSPS) is 15.7. The van der Waals surface area contributed by atoms with Crippen LogP contribution in [0.15, 0.2) is 36.7 Å². The Hall–Kier alpha value is -3.21. The minimum Gasteiger partial charge on any atom is -0.376 e. The van der Waals surface area contributed by atoms with Crippen LogP contribution >= 0.6 is 0 Å². The van der Waals surface area contributed by atoms with Gasteiger partial charge in [-0.15, -0.1) is 0 Å². The first-order chi connectivity index (χ1) is 15.8. The number of rotatable bonds is 3. The van der Waals surface area contributed by atoms with E-state index in [9.17, 15) is 22.4 Å². The van der Waals surface area contributed by atoms with E-state index in [2.05, 4.69) is 15.3 Å². The van der Waals surface area contributed by atoms with E-state index in [-0.39, 0.29) is 48.8 Å². The molecule has 0 aliphatic carbocycles. The van der Waals surface area contributed by atoms with Crippen LogP contribution < -0.4 is 0 Å². The van der Waals surface area contributed by atoms with Crippen molar-refractivity contribution in [1.82, 2.24) is 24.9 Å². The molecular weight excluding hydrogens is 442 g/mol. The number of alkyl halides is 3. The Labute approximate surface area is 187 Å². The first-order valence-electron chi connectivity index (χ1n) is 10.6. The second-order valence-corrected chi connectivity index (χ2v) is 7.79. The number of fused-ring (bicyclic) bond motifs is 1. The lowest BCUT2D eigenvalue weighted by Crippen LogP contribution is -2.29. The van der Waals surface area contributed by atoms with Crippen LogP contribution in [0.3, 0.4) is 0 Å². The molecule has 33 heavy (non-hydrogen) atoms. The number of H-pyrrole nitrogens is 1. The number of ether oxygens (including phenoxy) is 1. The van der Waals surface area contributed by atoms with E-state index in [1.54, 1.807) is 17.3 Å². The van der Waals surface area contributed by atoms with Crippen molar-refractivity contribution in [2.45, 2.75) is 38.5 Å². The molecule has 1 amide bonds. The number of likely N-dealkylation sites (tertiary alicyclic amines) is 1. The molecule has 0 atom stereocenters. The monoisotopic (exact) mass is 465 g/mol. The van der Waals surface area contributed by atoms with Crippen LogP contribution in [0, 0.1) is 5.82 Å². The lowest BCUT2D eigenvalue weighted by Gasteiger charge is -2.17. The second-order valence-electron chi connectivity index (χ2n) is 7.79. The molecule has 2 aliphatic heterocycles. The van der Waals surface area contributed by atoms with Gasteiger partial charge < -0.3 is 9.64 Å². The number of benzene rings is 1. The van der Waals surface area contributed by atoms with Crippen LogP contribution in [0.1, 0.15) is 35.4 Å². The Balaban J connectivity index is 0.000000459. The average Bonchev–Trinajstić information content (AvgIpc) is 3.56. The fourth-order valence-corrected chi connectivity index (χ4v) is 3.95. The summed E-state index contributed by atoms with van der Waals surface area (Å²) in [5.41, 5.74) is -0.216. The molecular formula is C22H23F4N5O2. The summed E-state index contributed by atoms with van der Waals surface area (Å²) < 4.78 is 60.8. The number of halogens is 4. The maximum atomic E-state index is 14.6. The van der Waals surface area contributed by atoms with E-state index in [1.807, 2.05) is 6.07 Å². The lowest BCUT2D eigenvalue weighted by molar-refractivity contribution is -0.142. The molecule has 2 aromatic heterocycles. The Morgan fingerprint density at radius 1 is 1.21 bits per heavy atom. The van der Waals surface area contributed by atoms with Crippen molar-refractivity contribution < 1.29 is 27.1 Å². The maximum absolute atomic E-state index is 14.6. The van der Waals surface area contributed by atoms with Gasteiger partial charge in [-0.2, -0.15) is 23.4 Å². The van der Waals surface area contributed by atoms with Crippen molar-refractivity contribution in [1.29, 1.82) is 0 Å². The molecule has 5 rings (SSSR count). The molecule has 11 heteroatoms. The minimum absolute atomic E-state index is 0.00699. The summed E-state index contributed by atoms with van der Waals surface area (Å²) in [4.78, 5) is 13.9. The van der Waals surface area contributed by atoms with Gasteiger partial charge in [0, 0.05) is 37.5 Å². The van der Waals surface area contributed by atoms with E-state index in [0.29, 0.717) is 18.8 Å². The predicted octanol–water partition coefficient (Wildman–Crippen LogP) is 3.68. The Bertz CT molecular complexity index is 1070. The fraction of sp³-hybridized carbons (Fsp3) is 0.409. The average molecular weight is 465 g/mol. The van der Waals surface area contributed by atoms with Gasteiger partial charge in [0.1, 0.15) is 5.82 Å². The van der Waals surface area contributed by atoms with E-state index in [1.165, 1.54) is 12.1 Å². The van der Waals surface area contributed by atoms with Gasteiger partial charge >= 0.3 is 6.18 Å². The first kappa shape index (κ1) is 23.0. The number of carbonyl (C=O) groups excluding carboxylic acids is 1. The van der Waals surface area contributed by atoms with Gasteiger partial charge in [-0.25, -0.2) is 9.07 Å². The van der Waals surface area contributed by atoms with Crippen LogP contribution in [-0.4, -0.2) is 50.5 Å². The van der Waals surface area contributed by atoms with Gasteiger partial charge in [0.15, 0.2) is 5.69 Å². The molecule has 4 heterocycles. The second kappa shape index (κ2) is 9.74. The van der Waals surface area contributed by atoms with Crippen LogP contribution in [0.25, 0.3) is 5.69 Å². The fourth-order valence-electron chi connectivity index (χ4n) is 3.95. The van der Waals surface area contributed by atoms with Gasteiger partial charge in [-0.1, -0.05) is 6.07 Å². The molecule has 1 N–H and O–H groups in total. The molecule has 1 saturated heterocycles. The standard InChI is InChI=1S/C19H19F4N3O2.C3H4N2/c20-15-10-13(4-3-12(15)9-17(27)25-6-1-2-7-25)26-16-5-8-28-11-14(16)18(24-26)19(21,22)23;1-2-4-5-3-1/h3-4,10H,1-2,5-9,11H2;1-3H,(H,4,5). The van der Waals surface area contributed by atoms with Crippen LogP contribution in [-0.2, 0) is 35.2 Å². The molecule has 0 spiro atoms. The van der Waals surface area contributed by atoms with Crippen LogP contribution in [0.5, 0.6) is 0 Å². The highest BCUT2D eigenvalue weighted by molar-refractivity contribution is 5.79. The summed E-state index contributed by atoms with van der Waals surface area (Å²) in [7, 11) is 0. The van der Waals surface area contributed by atoms with Gasteiger partial charge in [0.25, 0.3) is 0 Å². The smallest absolute Gasteiger partial charge is 0.376 e. The Kier molecular flexibility index (Phi) is 6.77. The van der Waals surface area contributed by atoms with Crippen molar-refractivity contribution in [3.05, 3.63) is 65.0 Å². The highest BCUT2D eigenvalue weighted by atomic mass is 19.4. The molecule has 176 valence electrons. The van der Waals surface area contributed by atoms with Crippen LogP contribution in [0.2, 0.25) is 0 Å². The first-order valence-corrected chi connectivity index (χ1v) is 10.6. The van der Waals surface area contributed by atoms with E-state index in [0.717, 1.165) is 23.6 Å². The summed E-state index contributed by atoms with van der Waals surface area (Å²) in [6.45, 7) is 1.47. The summed E-state index contributed by atoms with van der Waals surface area (Å²) in [6, 6.07) is 5.91. The summed E-state index contributed by atoms with van der Waals surface area (Å²) >= 11 is 0. The number of hydrogen-bond donors (Lipinski definition) is 1. The third-order valence-electron chi connectivity index (χ3n) is 5.58. The molecule has 1 fully saturated rings. The largest absolute Gasteiger partial charge is 0.435 e. The topological polar surface area (TPSA) is 76.0 Å². The predicted molar refractivity (Wildman–Crippen MR) is 110 cm³/mol. The third kappa shape index (κ3) is 5.24. The molecule has 2 aliphatic rings. The van der Waals surface area contributed by atoms with E-state index >= 15 is 0 Å². The SMILES string of the molecule is O=C(Cc1ccc(-n2nc(C(F)(F)F)c3c2CCOC3)cc1F)N1CCCC1.c1cn[nH]c1. The van der Waals surface area contributed by atoms with E-state index in [4.69, 9.17) is 4.74 Å². The van der Waals surface area contributed by atoms with Crippen molar-refractivity contribution in [2.24, 2.45) is 0 Å². The lowest BCUT2D eigenvalue weighted by atomic mass is 10.1. The Morgan fingerprint density at radius 3 is 2.61 bits per heavy atom. The van der Waals surface area contributed by atoms with Crippen molar-refractivity contribution in [2.75, 3.05) is 19.7 Å². The molecule has 0 radical (unpaired) electrons. The van der Waals surface area contributed by atoms with Gasteiger partial charge in [0.2, 0.25) is 5.91 Å². The van der Waals surface area contributed by atoms with E-state index < -0.39 is 17.7 Å². The van der Waals surface area contributed by atoms with Gasteiger partial charge in [0.05, 0.1) is 31.0 Å². The summed E-state index contributed by atoms with van der Waals surface area (Å²) in [5.74, 6) is -0.771. The van der Waals surface area contributed by atoms with Crippen molar-refractivity contribution >= 4 is 5.91 Å². The van der Waals surface area contributed by atoms with Gasteiger partial charge in [-0.05, 0) is 36.6 Å². The molecule has 3 aromatic rings. The number of aromatic amines is 1. The zero-order valence-corrected chi connectivity index (χ0v) is 17.7. The minimum atomic E-state index is -4.61. The molecule has 0 bridgehead atoms. The number of carbonyl (C=O) groups is 1. The zero-order valence-electron chi connectivity index (χ0n) is 17.7. The quantitative estimate of drug-likeness (QED) is 0.599. The maximum Gasteiger partial charge on any atom is 0.435 e. The Morgan fingerprint density at radius 2 is 2.00 bits per heavy atom. The van der Waals surface area contributed by atoms with Crippen molar-refractivity contribution in [3.63, 3.8) is 0 Å². The van der Waals surface area contributed by atoms with Crippen LogP contribution in [0.4, 0.5) is 17.6 Å². The highest BCUT2D eigenvalue weighted by Crippen LogP contribution is 2.35. The zero-order chi connectivity index (χ0) is 23.4. The van der Waals surface area contributed by atoms with Crippen molar-refractivity contribution in [3.8, 4) is 5.69 Å². The summed E-state index contributed by atoms with van der Waals surface area (Å²) in [5, 5.41) is 9.91. The summed E-state index contributed by atoms with van der Waals surface area (Å²) in [6.07, 6.45) is 0.933. The molecule has 0 saturated carbocycles. The third-order valence-corrected chi connectivity index (χ3v) is 5.58. The molecule has 0 unspecified atom stereocenters. The number of aromatic nitrogens is 4. The highest BCUT2D eigenvalue weighted by Gasteiger charge is 2.40. The number of nitrogens with one attached hydrogen (secondary N) is 1. The molecule has 1 aromatic carbocycles. The number of hydrogen-bond acceptors (Lipinski definition) is 4.